The van der Waals surface area contributed by atoms with E-state index in [2.05, 4.69) is 82.5 Å². The average molecular weight is 490 g/mol. The molecule has 3 aliphatic rings. The molecule has 2 aliphatic carbocycles. The monoisotopic (exact) mass is 489 g/mol. The fraction of sp³-hybridized carbons (Fsp3) is 0.258. The Hall–Kier alpha value is -4.03. The summed E-state index contributed by atoms with van der Waals surface area (Å²) in [6.45, 7) is 4.14. The number of hydrogen-bond donors (Lipinski definition) is 2. The number of aliphatic hydroxyl groups is 1. The Morgan fingerprint density at radius 2 is 1.68 bits per heavy atom. The standard InChI is InChI=1S/C31H31N5O/c1-20-7-11-24(12-8-20)36-30-6-4-3-5-26(30)35-29-16-27(34-23-15-21(2)18-32-19-23)28(17-31(29)36)33-22-9-13-25(37)14-10-22/h3-8,11-12,15-19,22,25,34,37H,9-10,13-14H2,1-2H3/b33-28+. The summed E-state index contributed by atoms with van der Waals surface area (Å²) in [6.07, 6.45) is 6.83. The lowest BCUT2D eigenvalue weighted by Crippen LogP contribution is -2.24. The molecule has 0 unspecified atom stereocenters. The Kier molecular flexibility index (Phi) is 6.18. The van der Waals surface area contributed by atoms with Crippen molar-refractivity contribution in [2.75, 3.05) is 5.32 Å². The van der Waals surface area contributed by atoms with Crippen LogP contribution >= 0.6 is 0 Å². The summed E-state index contributed by atoms with van der Waals surface area (Å²) in [5.74, 6) is 0. The summed E-state index contributed by atoms with van der Waals surface area (Å²) in [5.41, 5.74) is 9.10. The van der Waals surface area contributed by atoms with Gasteiger partial charge in [0.1, 0.15) is 0 Å². The van der Waals surface area contributed by atoms with Crippen LogP contribution in [0.2, 0.25) is 0 Å². The van der Waals surface area contributed by atoms with Gasteiger partial charge in [0.05, 0.1) is 57.5 Å². The molecular weight excluding hydrogens is 458 g/mol. The van der Waals surface area contributed by atoms with E-state index in [0.717, 1.165) is 76.1 Å². The van der Waals surface area contributed by atoms with Crippen LogP contribution in [0.1, 0.15) is 36.8 Å². The van der Waals surface area contributed by atoms with E-state index in [0.29, 0.717) is 0 Å². The zero-order valence-electron chi connectivity index (χ0n) is 21.2. The van der Waals surface area contributed by atoms with Crippen LogP contribution in [0.25, 0.3) is 28.1 Å². The van der Waals surface area contributed by atoms with Gasteiger partial charge in [0.15, 0.2) is 0 Å². The summed E-state index contributed by atoms with van der Waals surface area (Å²) in [7, 11) is 0. The highest BCUT2D eigenvalue weighted by Gasteiger charge is 2.20. The summed E-state index contributed by atoms with van der Waals surface area (Å²) in [6, 6.07) is 23.4. The van der Waals surface area contributed by atoms with E-state index in [9.17, 15) is 5.11 Å². The molecule has 6 heteroatoms. The topological polar surface area (TPSA) is 75.3 Å². The van der Waals surface area contributed by atoms with Crippen molar-refractivity contribution in [3.8, 4) is 17.1 Å². The van der Waals surface area contributed by atoms with Crippen molar-refractivity contribution in [1.82, 2.24) is 14.5 Å². The van der Waals surface area contributed by atoms with Gasteiger partial charge in [-0.15, -0.1) is 0 Å². The number of nitrogens with one attached hydrogen (secondary N) is 1. The number of para-hydroxylation sites is 2. The molecule has 6 nitrogen and oxygen atoms in total. The first-order valence-electron chi connectivity index (χ1n) is 13.0. The van der Waals surface area contributed by atoms with E-state index in [4.69, 9.17) is 9.98 Å². The number of aromatic nitrogens is 3. The van der Waals surface area contributed by atoms with Crippen molar-refractivity contribution in [2.24, 2.45) is 4.99 Å². The lowest BCUT2D eigenvalue weighted by atomic mass is 9.93. The minimum Gasteiger partial charge on any atom is -0.393 e. The Morgan fingerprint density at radius 1 is 0.892 bits per heavy atom. The van der Waals surface area contributed by atoms with E-state index >= 15 is 0 Å². The summed E-state index contributed by atoms with van der Waals surface area (Å²) in [5, 5.41) is 14.5. The van der Waals surface area contributed by atoms with Crippen molar-refractivity contribution >= 4 is 22.4 Å². The molecule has 0 radical (unpaired) electrons. The van der Waals surface area contributed by atoms with Crippen LogP contribution < -0.4 is 10.7 Å². The van der Waals surface area contributed by atoms with Crippen molar-refractivity contribution in [1.29, 1.82) is 0 Å². The van der Waals surface area contributed by atoms with E-state index < -0.39 is 0 Å². The second-order valence-electron chi connectivity index (χ2n) is 10.1. The maximum atomic E-state index is 10.0. The largest absolute Gasteiger partial charge is 0.393 e. The number of anilines is 2. The highest BCUT2D eigenvalue weighted by Crippen LogP contribution is 2.31. The Balaban J connectivity index is 1.60. The third kappa shape index (κ3) is 4.85. The molecule has 6 rings (SSSR count). The number of hydrogen-bond acceptors (Lipinski definition) is 5. The molecule has 3 aromatic rings. The van der Waals surface area contributed by atoms with Gasteiger partial charge in [-0.1, -0.05) is 29.8 Å². The summed E-state index contributed by atoms with van der Waals surface area (Å²) >= 11 is 0. The van der Waals surface area contributed by atoms with Crippen molar-refractivity contribution in [3.05, 3.63) is 95.6 Å². The van der Waals surface area contributed by atoms with Gasteiger partial charge in [-0.25, -0.2) is 4.98 Å². The van der Waals surface area contributed by atoms with E-state index in [1.54, 1.807) is 0 Å². The molecule has 0 spiro atoms. The zero-order chi connectivity index (χ0) is 25.4. The highest BCUT2D eigenvalue weighted by atomic mass is 16.3. The molecule has 186 valence electrons. The Bertz CT molecular complexity index is 1600. The predicted molar refractivity (Wildman–Crippen MR) is 149 cm³/mol. The Morgan fingerprint density at radius 3 is 2.46 bits per heavy atom. The second-order valence-corrected chi connectivity index (χ2v) is 10.1. The lowest BCUT2D eigenvalue weighted by molar-refractivity contribution is 0.123. The smallest absolute Gasteiger partial charge is 0.0900 e. The third-order valence-corrected chi connectivity index (χ3v) is 7.13. The van der Waals surface area contributed by atoms with Gasteiger partial charge in [-0.3, -0.25) is 9.98 Å². The maximum absolute atomic E-state index is 10.0. The molecule has 2 heterocycles. The molecule has 37 heavy (non-hydrogen) atoms. The Labute approximate surface area is 216 Å². The third-order valence-electron chi connectivity index (χ3n) is 7.13. The highest BCUT2D eigenvalue weighted by molar-refractivity contribution is 5.84. The minimum atomic E-state index is -0.210. The molecule has 0 amide bonds. The predicted octanol–water partition coefficient (Wildman–Crippen LogP) is 6.09. The van der Waals surface area contributed by atoms with Crippen LogP contribution in [0.4, 0.5) is 11.4 Å². The van der Waals surface area contributed by atoms with Crippen LogP contribution in [-0.2, 0) is 0 Å². The number of aliphatic hydroxyl groups excluding tert-OH is 1. The molecule has 2 aromatic carbocycles. The normalized spacial score (nSPS) is 18.4. The molecule has 0 saturated heterocycles. The van der Waals surface area contributed by atoms with Gasteiger partial charge >= 0.3 is 0 Å². The van der Waals surface area contributed by atoms with Gasteiger partial charge < -0.3 is 15.0 Å². The van der Waals surface area contributed by atoms with E-state index in [1.165, 1.54) is 5.56 Å². The number of aryl methyl sites for hydroxylation is 2. The van der Waals surface area contributed by atoms with E-state index in [-0.39, 0.29) is 12.1 Å². The van der Waals surface area contributed by atoms with Gasteiger partial charge in [0.2, 0.25) is 0 Å². The second kappa shape index (κ2) is 9.79. The zero-order valence-corrected chi connectivity index (χ0v) is 21.2. The molecule has 2 N–H and O–H groups in total. The molecule has 1 fully saturated rings. The molecule has 1 aromatic heterocycles. The molecule has 0 atom stereocenters. The number of benzene rings is 3. The fourth-order valence-electron chi connectivity index (χ4n) is 5.18. The van der Waals surface area contributed by atoms with Crippen molar-refractivity contribution < 1.29 is 5.11 Å². The quantitative estimate of drug-likeness (QED) is 0.300. The maximum Gasteiger partial charge on any atom is 0.0900 e. The van der Waals surface area contributed by atoms with Gasteiger partial charge in [-0.2, -0.15) is 0 Å². The summed E-state index contributed by atoms with van der Waals surface area (Å²) in [4.78, 5) is 14.6. The van der Waals surface area contributed by atoms with Gasteiger partial charge in [-0.05, 0) is 87.6 Å². The molecular formula is C31H31N5O. The van der Waals surface area contributed by atoms with Crippen molar-refractivity contribution in [3.63, 3.8) is 0 Å². The number of nitrogens with zero attached hydrogens (tertiary/aromatic N) is 4. The molecule has 1 saturated carbocycles. The first-order valence-corrected chi connectivity index (χ1v) is 13.0. The lowest BCUT2D eigenvalue weighted by Gasteiger charge is -2.23. The van der Waals surface area contributed by atoms with Crippen LogP contribution in [0, 0.1) is 13.8 Å². The van der Waals surface area contributed by atoms with Gasteiger partial charge in [0.25, 0.3) is 0 Å². The first kappa shape index (κ1) is 23.4. The number of rotatable bonds is 4. The fourth-order valence-corrected chi connectivity index (χ4v) is 5.18. The summed E-state index contributed by atoms with van der Waals surface area (Å²) < 4.78 is 2.28. The molecule has 0 bridgehead atoms. The van der Waals surface area contributed by atoms with E-state index in [1.807, 2.05) is 25.4 Å². The van der Waals surface area contributed by atoms with Crippen LogP contribution in [0.15, 0.2) is 84.1 Å². The van der Waals surface area contributed by atoms with Crippen LogP contribution in [-0.4, -0.2) is 31.8 Å². The minimum absolute atomic E-state index is 0.179. The van der Waals surface area contributed by atoms with Crippen LogP contribution in [0.3, 0.4) is 0 Å². The SMILES string of the molecule is Cc1ccc(-n2c3c/c(=N\C4CCC(O)CC4)c(Nc4cncc(C)c4)cc-3nc3ccccc32)cc1. The average Bonchev–Trinajstić information content (AvgIpc) is 2.90. The number of pyridine rings is 1. The number of fused-ring (bicyclic) bond motifs is 2. The van der Waals surface area contributed by atoms with Gasteiger partial charge in [0, 0.05) is 11.9 Å². The first-order chi connectivity index (χ1) is 18.0. The van der Waals surface area contributed by atoms with Crippen molar-refractivity contribution in [2.45, 2.75) is 51.7 Å². The molecule has 1 aliphatic heterocycles. The van der Waals surface area contributed by atoms with Crippen LogP contribution in [0.5, 0.6) is 0 Å².